The monoisotopic (exact) mass is 397 g/mol. The van der Waals surface area contributed by atoms with Crippen molar-refractivity contribution < 1.29 is 23.9 Å². The van der Waals surface area contributed by atoms with E-state index >= 15 is 0 Å². The number of unbranched alkanes of at least 4 members (excludes halogenated alkanes) is 1. The maximum Gasteiger partial charge on any atom is 0.419 e. The average molecular weight is 398 g/mol. The maximum atomic E-state index is 13.1. The minimum Gasteiger partial charge on any atom is -0.444 e. The Morgan fingerprint density at radius 3 is 2.37 bits per heavy atom. The zero-order valence-corrected chi connectivity index (χ0v) is 16.5. The van der Waals surface area contributed by atoms with Crippen LogP contribution in [0.5, 0.6) is 0 Å². The summed E-state index contributed by atoms with van der Waals surface area (Å²) in [6.07, 6.45) is 0.713. The molecule has 27 heavy (non-hydrogen) atoms. The molecule has 1 radical (unpaired) electrons. The maximum absolute atomic E-state index is 13.1. The van der Waals surface area contributed by atoms with Crippen LogP contribution in [-0.4, -0.2) is 36.5 Å². The van der Waals surface area contributed by atoms with Crippen molar-refractivity contribution in [2.75, 3.05) is 6.54 Å². The van der Waals surface area contributed by atoms with Crippen LogP contribution in [0.15, 0.2) is 30.3 Å². The average Bonchev–Trinajstić information content (AvgIpc) is 2.59. The number of hydrogen-bond acceptors (Lipinski definition) is 6. The van der Waals surface area contributed by atoms with E-state index < -0.39 is 28.6 Å². The summed E-state index contributed by atoms with van der Waals surface area (Å²) in [6.45, 7) is 6.80. The Bertz CT molecular complexity index is 633. The number of rotatable bonds is 10. The summed E-state index contributed by atoms with van der Waals surface area (Å²) >= 11 is 6.39. The molecule has 8 heteroatoms. The highest BCUT2D eigenvalue weighted by Gasteiger charge is 2.45. The molecular weight excluding hydrogens is 372 g/mol. The molecule has 0 aliphatic heterocycles. The van der Waals surface area contributed by atoms with E-state index in [1.807, 2.05) is 0 Å². The van der Waals surface area contributed by atoms with E-state index in [2.05, 4.69) is 5.32 Å². The first-order valence-corrected chi connectivity index (χ1v) is 9.05. The molecule has 2 atom stereocenters. The lowest BCUT2D eigenvalue weighted by atomic mass is 9.96. The number of nitrogens with two attached hydrogens (primary N) is 1. The lowest BCUT2D eigenvalue weighted by Crippen LogP contribution is -2.50. The minimum atomic E-state index is -2.11. The van der Waals surface area contributed by atoms with Gasteiger partial charge in [0.2, 0.25) is 5.78 Å². The van der Waals surface area contributed by atoms with E-state index in [4.69, 9.17) is 26.8 Å². The van der Waals surface area contributed by atoms with E-state index in [9.17, 15) is 14.4 Å². The fourth-order valence-corrected chi connectivity index (χ4v) is 2.69. The summed E-state index contributed by atoms with van der Waals surface area (Å²) in [5.74, 6) is -0.693. The SMILES string of the molecule is CC(C)(C)OC(=O)N[C@@H](CCCCN)C(=O)C(Cl)(O[C]=O)c1ccccc1. The minimum absolute atomic E-state index is 0.259. The van der Waals surface area contributed by atoms with Crippen molar-refractivity contribution in [2.24, 2.45) is 5.73 Å². The predicted molar refractivity (Wildman–Crippen MR) is 102 cm³/mol. The molecule has 0 heterocycles. The number of carbonyl (C=O) groups is 2. The van der Waals surface area contributed by atoms with E-state index in [-0.39, 0.29) is 12.0 Å². The molecule has 1 aromatic rings. The van der Waals surface area contributed by atoms with Crippen LogP contribution in [0.1, 0.15) is 45.6 Å². The third kappa shape index (κ3) is 7.19. The number of ether oxygens (including phenoxy) is 2. The summed E-state index contributed by atoms with van der Waals surface area (Å²) in [6, 6.07) is 7.10. The number of nitrogens with one attached hydrogen (secondary N) is 1. The summed E-state index contributed by atoms with van der Waals surface area (Å²) in [4.78, 5) is 36.1. The van der Waals surface area contributed by atoms with Crippen LogP contribution in [0.3, 0.4) is 0 Å². The second-order valence-corrected chi connectivity index (χ2v) is 7.53. The van der Waals surface area contributed by atoms with Crippen LogP contribution in [0.25, 0.3) is 0 Å². The lowest BCUT2D eigenvalue weighted by Gasteiger charge is -2.29. The van der Waals surface area contributed by atoms with Crippen LogP contribution < -0.4 is 11.1 Å². The van der Waals surface area contributed by atoms with E-state index in [1.54, 1.807) is 51.1 Å². The Hall–Kier alpha value is -2.12. The van der Waals surface area contributed by atoms with Gasteiger partial charge in [0.1, 0.15) is 5.60 Å². The van der Waals surface area contributed by atoms with Crippen LogP contribution in [-0.2, 0) is 24.1 Å². The molecule has 0 aliphatic rings. The molecule has 0 bridgehead atoms. The third-order valence-corrected chi connectivity index (χ3v) is 4.08. The molecule has 1 aromatic carbocycles. The van der Waals surface area contributed by atoms with Crippen LogP contribution >= 0.6 is 11.6 Å². The van der Waals surface area contributed by atoms with Crippen molar-refractivity contribution in [3.8, 4) is 0 Å². The first kappa shape index (κ1) is 22.9. The molecule has 0 aromatic heterocycles. The number of benzene rings is 1. The Balaban J connectivity index is 3.10. The van der Waals surface area contributed by atoms with Gasteiger partial charge in [-0.3, -0.25) is 4.79 Å². The number of carbonyl (C=O) groups excluding carboxylic acids is 3. The fraction of sp³-hybridized carbons (Fsp3) is 0.526. The summed E-state index contributed by atoms with van der Waals surface area (Å²) < 4.78 is 10.1. The Labute approximate surface area is 164 Å². The highest BCUT2D eigenvalue weighted by Crippen LogP contribution is 2.33. The van der Waals surface area contributed by atoms with E-state index in [0.29, 0.717) is 19.4 Å². The molecule has 7 nitrogen and oxygen atoms in total. The van der Waals surface area contributed by atoms with E-state index in [1.165, 1.54) is 6.47 Å². The van der Waals surface area contributed by atoms with Crippen molar-refractivity contribution in [1.29, 1.82) is 0 Å². The molecule has 0 aliphatic carbocycles. The first-order valence-electron chi connectivity index (χ1n) is 8.67. The van der Waals surface area contributed by atoms with Gasteiger partial charge in [-0.05, 0) is 46.6 Å². The number of halogens is 1. The zero-order chi connectivity index (χ0) is 20.5. The second kappa shape index (κ2) is 10.3. The van der Waals surface area contributed by atoms with Gasteiger partial charge in [0.15, 0.2) is 0 Å². The molecule has 3 N–H and O–H groups in total. The van der Waals surface area contributed by atoms with Crippen molar-refractivity contribution in [2.45, 2.75) is 56.7 Å². The highest BCUT2D eigenvalue weighted by molar-refractivity contribution is 6.35. The topological polar surface area (TPSA) is 108 Å². The molecule has 0 saturated heterocycles. The third-order valence-electron chi connectivity index (χ3n) is 3.60. The Morgan fingerprint density at radius 1 is 1.22 bits per heavy atom. The molecule has 0 saturated carbocycles. The van der Waals surface area contributed by atoms with Crippen molar-refractivity contribution in [3.05, 3.63) is 35.9 Å². The highest BCUT2D eigenvalue weighted by atomic mass is 35.5. The van der Waals surface area contributed by atoms with Gasteiger partial charge in [0.05, 0.1) is 6.04 Å². The van der Waals surface area contributed by atoms with Crippen molar-refractivity contribution >= 4 is 29.9 Å². The number of Topliss-reactive ketones (excluding diaryl/α,β-unsaturated/α-hetero) is 1. The number of alkyl carbamates (subject to hydrolysis) is 1. The standard InChI is InChI=1S/C19H26ClN2O5/c1-18(2,3)27-17(25)22-15(11-7-8-12-21)16(24)19(20,26-13-23)14-9-5-4-6-10-14/h4-6,9-10,15H,7-8,11-12,21H2,1-3H3,(H,22,25)/t15-,19?/m0/s1. The molecule has 1 unspecified atom stereocenters. The van der Waals surface area contributed by atoms with E-state index in [0.717, 1.165) is 0 Å². The quantitative estimate of drug-likeness (QED) is 0.464. The Morgan fingerprint density at radius 2 is 1.85 bits per heavy atom. The molecule has 0 fully saturated rings. The van der Waals surface area contributed by atoms with Gasteiger partial charge in [0.25, 0.3) is 5.06 Å². The second-order valence-electron chi connectivity index (χ2n) is 6.99. The largest absolute Gasteiger partial charge is 0.444 e. The van der Waals surface area contributed by atoms with Crippen LogP contribution in [0, 0.1) is 0 Å². The lowest BCUT2D eigenvalue weighted by molar-refractivity contribution is -0.132. The number of alkyl halides is 1. The zero-order valence-electron chi connectivity index (χ0n) is 15.8. The van der Waals surface area contributed by atoms with Crippen LogP contribution in [0.2, 0.25) is 0 Å². The molecule has 1 rings (SSSR count). The summed E-state index contributed by atoms with van der Waals surface area (Å²) in [5, 5.41) is 0.415. The number of hydrogen-bond donors (Lipinski definition) is 2. The van der Waals surface area contributed by atoms with Gasteiger partial charge < -0.3 is 20.5 Å². The van der Waals surface area contributed by atoms with Crippen molar-refractivity contribution in [3.63, 3.8) is 0 Å². The summed E-state index contributed by atoms with van der Waals surface area (Å²) in [7, 11) is 0. The molecule has 1 amide bonds. The number of ketones is 1. The molecular formula is C19H26ClN2O5. The van der Waals surface area contributed by atoms with Crippen LogP contribution in [0.4, 0.5) is 4.79 Å². The molecule has 149 valence electrons. The predicted octanol–water partition coefficient (Wildman–Crippen LogP) is 2.75. The first-order chi connectivity index (χ1) is 12.6. The van der Waals surface area contributed by atoms with Gasteiger partial charge in [-0.25, -0.2) is 9.59 Å². The van der Waals surface area contributed by atoms with Gasteiger partial charge in [-0.2, -0.15) is 0 Å². The van der Waals surface area contributed by atoms with Crippen molar-refractivity contribution in [1.82, 2.24) is 5.32 Å². The smallest absolute Gasteiger partial charge is 0.419 e. The Kier molecular flexibility index (Phi) is 8.72. The molecule has 0 spiro atoms. The number of amides is 1. The van der Waals surface area contributed by atoms with Gasteiger partial charge >= 0.3 is 12.6 Å². The summed E-state index contributed by atoms with van der Waals surface area (Å²) in [5.41, 5.74) is 5.02. The fourth-order valence-electron chi connectivity index (χ4n) is 2.40. The normalized spacial score (nSPS) is 14.6. The van der Waals surface area contributed by atoms with Gasteiger partial charge in [-0.1, -0.05) is 41.9 Å². The van der Waals surface area contributed by atoms with Gasteiger partial charge in [-0.15, -0.1) is 0 Å². The van der Waals surface area contributed by atoms with Gasteiger partial charge in [0, 0.05) is 5.56 Å².